The molecule has 3 heterocycles. The van der Waals surface area contributed by atoms with E-state index in [2.05, 4.69) is 33.3 Å². The highest BCUT2D eigenvalue weighted by Gasteiger charge is 2.30. The van der Waals surface area contributed by atoms with Crippen LogP contribution in [0.2, 0.25) is 0 Å². The highest BCUT2D eigenvalue weighted by Crippen LogP contribution is 2.32. The monoisotopic (exact) mass is 327 g/mol. The summed E-state index contributed by atoms with van der Waals surface area (Å²) < 4.78 is 1.83. The standard InChI is InChI=1S/C18H25N5O/c1-12-10-16(22-8-4-3-5-9-22)23-17(20-12)15(11-19-23)18(24)21-13(2)14-6-7-14/h10-11,13-14H,3-9H2,1-2H3,(H,21,24). The van der Waals surface area contributed by atoms with Crippen molar-refractivity contribution in [1.82, 2.24) is 19.9 Å². The second-order valence-corrected chi connectivity index (χ2v) is 7.20. The maximum atomic E-state index is 12.6. The molecule has 1 unspecified atom stereocenters. The summed E-state index contributed by atoms with van der Waals surface area (Å²) in [7, 11) is 0. The number of aryl methyl sites for hydroxylation is 1. The van der Waals surface area contributed by atoms with Crippen molar-refractivity contribution < 1.29 is 4.79 Å². The number of nitrogens with one attached hydrogen (secondary N) is 1. The van der Waals surface area contributed by atoms with Crippen molar-refractivity contribution in [3.63, 3.8) is 0 Å². The lowest BCUT2D eigenvalue weighted by Crippen LogP contribution is -2.34. The Morgan fingerprint density at radius 3 is 2.75 bits per heavy atom. The fourth-order valence-electron chi connectivity index (χ4n) is 3.57. The molecule has 128 valence electrons. The third-order valence-electron chi connectivity index (χ3n) is 5.19. The summed E-state index contributed by atoms with van der Waals surface area (Å²) in [5.41, 5.74) is 2.16. The molecule has 24 heavy (non-hydrogen) atoms. The minimum Gasteiger partial charge on any atom is -0.356 e. The Kier molecular flexibility index (Phi) is 3.90. The van der Waals surface area contributed by atoms with Crippen LogP contribution in [-0.2, 0) is 0 Å². The average molecular weight is 327 g/mol. The molecule has 6 heteroatoms. The van der Waals surface area contributed by atoms with Crippen molar-refractivity contribution in [2.45, 2.75) is 52.0 Å². The Morgan fingerprint density at radius 2 is 2.04 bits per heavy atom. The SMILES string of the molecule is Cc1cc(N2CCCCC2)n2ncc(C(=O)NC(C)C3CC3)c2n1. The van der Waals surface area contributed by atoms with E-state index in [1.807, 2.05) is 11.4 Å². The molecule has 1 saturated heterocycles. The minimum absolute atomic E-state index is 0.0629. The predicted molar refractivity (Wildman–Crippen MR) is 93.4 cm³/mol. The molecule has 0 radical (unpaired) electrons. The van der Waals surface area contributed by atoms with E-state index in [0.29, 0.717) is 17.1 Å². The van der Waals surface area contributed by atoms with Gasteiger partial charge in [0.05, 0.1) is 6.20 Å². The third kappa shape index (κ3) is 2.85. The van der Waals surface area contributed by atoms with Crippen LogP contribution in [0.1, 0.15) is 55.1 Å². The summed E-state index contributed by atoms with van der Waals surface area (Å²) in [6, 6.07) is 2.29. The normalized spacial score (nSPS) is 19.5. The van der Waals surface area contributed by atoms with Crippen molar-refractivity contribution >= 4 is 17.4 Å². The Balaban J connectivity index is 1.67. The van der Waals surface area contributed by atoms with Crippen LogP contribution in [0.3, 0.4) is 0 Å². The second-order valence-electron chi connectivity index (χ2n) is 7.20. The van der Waals surface area contributed by atoms with Gasteiger partial charge in [0.2, 0.25) is 0 Å². The van der Waals surface area contributed by atoms with Crippen LogP contribution >= 0.6 is 0 Å². The molecule has 1 saturated carbocycles. The van der Waals surface area contributed by atoms with E-state index in [-0.39, 0.29) is 11.9 Å². The van der Waals surface area contributed by atoms with Gasteiger partial charge in [-0.3, -0.25) is 4.79 Å². The van der Waals surface area contributed by atoms with Crippen molar-refractivity contribution in [3.05, 3.63) is 23.5 Å². The van der Waals surface area contributed by atoms with Gasteiger partial charge in [0, 0.05) is 30.9 Å². The Hall–Kier alpha value is -2.11. The molecule has 6 nitrogen and oxygen atoms in total. The summed E-state index contributed by atoms with van der Waals surface area (Å²) in [6.45, 7) is 6.14. The van der Waals surface area contributed by atoms with Crippen LogP contribution in [0, 0.1) is 12.8 Å². The van der Waals surface area contributed by atoms with Crippen LogP contribution in [0.5, 0.6) is 0 Å². The molecule has 1 aliphatic heterocycles. The van der Waals surface area contributed by atoms with Gasteiger partial charge in [-0.2, -0.15) is 9.61 Å². The van der Waals surface area contributed by atoms with Gasteiger partial charge in [-0.05, 0) is 51.9 Å². The lowest BCUT2D eigenvalue weighted by molar-refractivity contribution is 0.0937. The number of anilines is 1. The zero-order valence-electron chi connectivity index (χ0n) is 14.5. The van der Waals surface area contributed by atoms with Crippen LogP contribution in [0.15, 0.2) is 12.3 Å². The van der Waals surface area contributed by atoms with E-state index in [1.165, 1.54) is 32.1 Å². The van der Waals surface area contributed by atoms with Crippen LogP contribution in [-0.4, -0.2) is 39.6 Å². The van der Waals surface area contributed by atoms with Gasteiger partial charge in [-0.15, -0.1) is 0 Å². The Labute approximate surface area is 142 Å². The maximum Gasteiger partial charge on any atom is 0.256 e. The topological polar surface area (TPSA) is 62.5 Å². The largest absolute Gasteiger partial charge is 0.356 e. The predicted octanol–water partition coefficient (Wildman–Crippen LogP) is 2.56. The van der Waals surface area contributed by atoms with Crippen molar-refractivity contribution in [3.8, 4) is 0 Å². The summed E-state index contributed by atoms with van der Waals surface area (Å²) >= 11 is 0. The molecule has 1 aliphatic carbocycles. The zero-order chi connectivity index (χ0) is 16.7. The molecule has 1 N–H and O–H groups in total. The third-order valence-corrected chi connectivity index (χ3v) is 5.19. The smallest absolute Gasteiger partial charge is 0.256 e. The first kappa shape index (κ1) is 15.4. The van der Waals surface area contributed by atoms with Gasteiger partial charge < -0.3 is 10.2 Å². The maximum absolute atomic E-state index is 12.6. The second kappa shape index (κ2) is 6.07. The van der Waals surface area contributed by atoms with Gasteiger partial charge in [-0.25, -0.2) is 4.98 Å². The van der Waals surface area contributed by atoms with Gasteiger partial charge in [0.1, 0.15) is 11.4 Å². The average Bonchev–Trinajstić information content (AvgIpc) is 3.35. The highest BCUT2D eigenvalue weighted by atomic mass is 16.1. The molecule has 0 bridgehead atoms. The van der Waals surface area contributed by atoms with E-state index < -0.39 is 0 Å². The van der Waals surface area contributed by atoms with Crippen LogP contribution in [0.4, 0.5) is 5.82 Å². The number of hydrogen-bond acceptors (Lipinski definition) is 4. The van der Waals surface area contributed by atoms with Crippen molar-refractivity contribution in [2.24, 2.45) is 5.92 Å². The molecule has 1 amide bonds. The van der Waals surface area contributed by atoms with Crippen LogP contribution < -0.4 is 10.2 Å². The number of fused-ring (bicyclic) bond motifs is 1. The summed E-state index contributed by atoms with van der Waals surface area (Å²) in [5.74, 6) is 1.62. The number of carbonyl (C=O) groups is 1. The molecule has 2 aliphatic rings. The lowest BCUT2D eigenvalue weighted by Gasteiger charge is -2.29. The highest BCUT2D eigenvalue weighted by molar-refractivity contribution is 6.00. The van der Waals surface area contributed by atoms with E-state index in [9.17, 15) is 4.79 Å². The van der Waals surface area contributed by atoms with Gasteiger partial charge >= 0.3 is 0 Å². The molecule has 2 fully saturated rings. The van der Waals surface area contributed by atoms with E-state index in [1.54, 1.807) is 6.20 Å². The first-order valence-corrected chi connectivity index (χ1v) is 9.04. The van der Waals surface area contributed by atoms with E-state index in [4.69, 9.17) is 0 Å². The molecule has 0 aromatic carbocycles. The molecule has 0 spiro atoms. The number of piperidine rings is 1. The van der Waals surface area contributed by atoms with Crippen LogP contribution in [0.25, 0.3) is 5.65 Å². The number of nitrogens with zero attached hydrogens (tertiary/aromatic N) is 4. The lowest BCUT2D eigenvalue weighted by atomic mass is 10.1. The molecular formula is C18H25N5O. The summed E-state index contributed by atoms with van der Waals surface area (Å²) in [6.07, 6.45) is 7.78. The number of amides is 1. The van der Waals surface area contributed by atoms with Gasteiger partial charge in [-0.1, -0.05) is 0 Å². The molecule has 2 aromatic heterocycles. The summed E-state index contributed by atoms with van der Waals surface area (Å²) in [5, 5.41) is 7.58. The van der Waals surface area contributed by atoms with Gasteiger partial charge in [0.15, 0.2) is 5.65 Å². The quantitative estimate of drug-likeness (QED) is 0.937. The molecule has 1 atom stereocenters. The van der Waals surface area contributed by atoms with Crippen molar-refractivity contribution in [1.29, 1.82) is 0 Å². The van der Waals surface area contributed by atoms with Crippen molar-refractivity contribution in [2.75, 3.05) is 18.0 Å². The number of rotatable bonds is 4. The molecule has 2 aromatic rings. The fraction of sp³-hybridized carbons (Fsp3) is 0.611. The Bertz CT molecular complexity index is 758. The Morgan fingerprint density at radius 1 is 1.29 bits per heavy atom. The number of hydrogen-bond donors (Lipinski definition) is 1. The van der Waals surface area contributed by atoms with Gasteiger partial charge in [0.25, 0.3) is 5.91 Å². The summed E-state index contributed by atoms with van der Waals surface area (Å²) in [4.78, 5) is 19.6. The number of aromatic nitrogens is 3. The van der Waals surface area contributed by atoms with E-state index in [0.717, 1.165) is 24.6 Å². The first-order valence-electron chi connectivity index (χ1n) is 9.04. The van der Waals surface area contributed by atoms with E-state index >= 15 is 0 Å². The first-order chi connectivity index (χ1) is 11.6. The zero-order valence-corrected chi connectivity index (χ0v) is 14.5. The fourth-order valence-corrected chi connectivity index (χ4v) is 3.57. The molecule has 4 rings (SSSR count). The number of carbonyl (C=O) groups excluding carboxylic acids is 1. The minimum atomic E-state index is -0.0629. The molecular weight excluding hydrogens is 302 g/mol.